The topological polar surface area (TPSA) is 71.5 Å². The molecular formula is C11H19N3O3S. The van der Waals surface area contributed by atoms with Crippen molar-refractivity contribution in [3.05, 3.63) is 18.5 Å². The second kappa shape index (κ2) is 6.67. The van der Waals surface area contributed by atoms with Gasteiger partial charge >= 0.3 is 0 Å². The lowest BCUT2D eigenvalue weighted by molar-refractivity contribution is 0.189. The van der Waals surface area contributed by atoms with E-state index in [0.717, 1.165) is 0 Å². The molecular weight excluding hydrogens is 254 g/mol. The molecule has 0 aliphatic rings. The van der Waals surface area contributed by atoms with Crippen molar-refractivity contribution in [3.8, 4) is 0 Å². The van der Waals surface area contributed by atoms with E-state index >= 15 is 0 Å². The van der Waals surface area contributed by atoms with E-state index in [9.17, 15) is 8.42 Å². The molecule has 0 unspecified atom stereocenters. The second-order valence-corrected chi connectivity index (χ2v) is 5.81. The fraction of sp³-hybridized carbons (Fsp3) is 0.545. The number of aromatic nitrogens is 1. The van der Waals surface area contributed by atoms with E-state index in [0.29, 0.717) is 25.3 Å². The SMILES string of the molecule is CNc1ccncc1S(=O)(=O)N(C)CCCOC. The van der Waals surface area contributed by atoms with E-state index in [1.54, 1.807) is 33.5 Å². The normalized spacial score (nSPS) is 11.8. The predicted molar refractivity (Wildman–Crippen MR) is 70.1 cm³/mol. The number of nitrogens with one attached hydrogen (secondary N) is 1. The predicted octanol–water partition coefficient (Wildman–Crippen LogP) is 0.780. The molecule has 0 fully saturated rings. The lowest BCUT2D eigenvalue weighted by Crippen LogP contribution is -2.29. The largest absolute Gasteiger partial charge is 0.387 e. The van der Waals surface area contributed by atoms with E-state index < -0.39 is 10.0 Å². The van der Waals surface area contributed by atoms with Gasteiger partial charge in [0.05, 0.1) is 5.69 Å². The summed E-state index contributed by atoms with van der Waals surface area (Å²) in [6.45, 7) is 0.944. The first-order chi connectivity index (χ1) is 8.54. The summed E-state index contributed by atoms with van der Waals surface area (Å²) in [7, 11) is 1.32. The van der Waals surface area contributed by atoms with Gasteiger partial charge in [-0.2, -0.15) is 0 Å². The third-order valence-corrected chi connectivity index (χ3v) is 4.45. The summed E-state index contributed by atoms with van der Waals surface area (Å²) in [5.74, 6) is 0. The van der Waals surface area contributed by atoms with Crippen LogP contribution in [0.4, 0.5) is 5.69 Å². The zero-order valence-corrected chi connectivity index (χ0v) is 11.7. The molecule has 0 aromatic carbocycles. The van der Waals surface area contributed by atoms with Crippen molar-refractivity contribution >= 4 is 15.7 Å². The van der Waals surface area contributed by atoms with E-state index in [-0.39, 0.29) is 4.90 Å². The molecule has 0 amide bonds. The smallest absolute Gasteiger partial charge is 0.246 e. The Bertz CT molecular complexity index is 476. The van der Waals surface area contributed by atoms with Gasteiger partial charge in [-0.25, -0.2) is 12.7 Å². The number of hydrogen-bond donors (Lipinski definition) is 1. The highest BCUT2D eigenvalue weighted by molar-refractivity contribution is 7.89. The fourth-order valence-corrected chi connectivity index (χ4v) is 2.86. The molecule has 0 radical (unpaired) electrons. The van der Waals surface area contributed by atoms with Gasteiger partial charge in [0.25, 0.3) is 0 Å². The van der Waals surface area contributed by atoms with E-state index in [1.807, 2.05) is 0 Å². The van der Waals surface area contributed by atoms with Crippen molar-refractivity contribution < 1.29 is 13.2 Å². The molecule has 102 valence electrons. The average Bonchev–Trinajstić information content (AvgIpc) is 2.38. The van der Waals surface area contributed by atoms with Crippen LogP contribution in [0.1, 0.15) is 6.42 Å². The standard InChI is InChI=1S/C11H19N3O3S/c1-12-10-5-6-13-9-11(10)18(15,16)14(2)7-4-8-17-3/h5-6,9H,4,7-8H2,1-3H3,(H,12,13). The molecule has 6 nitrogen and oxygen atoms in total. The Balaban J connectivity index is 2.91. The Morgan fingerprint density at radius 2 is 2.22 bits per heavy atom. The van der Waals surface area contributed by atoms with Crippen molar-refractivity contribution in [1.82, 2.24) is 9.29 Å². The molecule has 1 N–H and O–H groups in total. The molecule has 0 bridgehead atoms. The monoisotopic (exact) mass is 273 g/mol. The fourth-order valence-electron chi connectivity index (χ4n) is 1.51. The molecule has 1 heterocycles. The van der Waals surface area contributed by atoms with Gasteiger partial charge in [0, 0.05) is 46.8 Å². The lowest BCUT2D eigenvalue weighted by atomic mass is 10.4. The van der Waals surface area contributed by atoms with Crippen LogP contribution in [-0.4, -0.2) is 52.1 Å². The Morgan fingerprint density at radius 1 is 1.50 bits per heavy atom. The maximum absolute atomic E-state index is 12.3. The van der Waals surface area contributed by atoms with Gasteiger partial charge < -0.3 is 10.1 Å². The van der Waals surface area contributed by atoms with Crippen LogP contribution < -0.4 is 5.32 Å². The van der Waals surface area contributed by atoms with Crippen LogP contribution in [-0.2, 0) is 14.8 Å². The summed E-state index contributed by atoms with van der Waals surface area (Å²) in [5.41, 5.74) is 0.545. The van der Waals surface area contributed by atoms with Gasteiger partial charge in [-0.15, -0.1) is 0 Å². The number of anilines is 1. The number of pyridine rings is 1. The van der Waals surface area contributed by atoms with Crippen LogP contribution in [0.25, 0.3) is 0 Å². The molecule has 0 saturated heterocycles. The molecule has 18 heavy (non-hydrogen) atoms. The van der Waals surface area contributed by atoms with Crippen molar-refractivity contribution in [2.75, 3.05) is 39.7 Å². The Hall–Kier alpha value is -1.18. The first-order valence-corrected chi connectivity index (χ1v) is 7.05. The molecule has 7 heteroatoms. The highest BCUT2D eigenvalue weighted by atomic mass is 32.2. The number of hydrogen-bond acceptors (Lipinski definition) is 5. The number of rotatable bonds is 7. The Labute approximate surface area is 108 Å². The summed E-state index contributed by atoms with van der Waals surface area (Å²) < 4.78 is 30.8. The van der Waals surface area contributed by atoms with Crippen LogP contribution in [0.3, 0.4) is 0 Å². The van der Waals surface area contributed by atoms with Crippen LogP contribution >= 0.6 is 0 Å². The summed E-state index contributed by atoms with van der Waals surface area (Å²) in [5, 5.41) is 2.85. The summed E-state index contributed by atoms with van der Waals surface area (Å²) in [6.07, 6.45) is 3.56. The molecule has 0 spiro atoms. The van der Waals surface area contributed by atoms with E-state index in [4.69, 9.17) is 4.74 Å². The van der Waals surface area contributed by atoms with Crippen molar-refractivity contribution in [1.29, 1.82) is 0 Å². The second-order valence-electron chi connectivity index (χ2n) is 3.79. The summed E-state index contributed by atoms with van der Waals surface area (Å²) >= 11 is 0. The zero-order chi connectivity index (χ0) is 13.6. The molecule has 0 atom stereocenters. The number of methoxy groups -OCH3 is 1. The minimum absolute atomic E-state index is 0.187. The third kappa shape index (κ3) is 3.41. The number of ether oxygens (including phenoxy) is 1. The maximum atomic E-state index is 12.3. The minimum atomic E-state index is -3.51. The lowest BCUT2D eigenvalue weighted by Gasteiger charge is -2.18. The van der Waals surface area contributed by atoms with Gasteiger partial charge in [-0.1, -0.05) is 0 Å². The number of nitrogens with zero attached hydrogens (tertiary/aromatic N) is 2. The quantitative estimate of drug-likeness (QED) is 0.743. The highest BCUT2D eigenvalue weighted by Gasteiger charge is 2.23. The summed E-state index contributed by atoms with van der Waals surface area (Å²) in [6, 6.07) is 1.63. The Kier molecular flexibility index (Phi) is 5.52. The summed E-state index contributed by atoms with van der Waals surface area (Å²) in [4.78, 5) is 4.06. The molecule has 0 aliphatic heterocycles. The highest BCUT2D eigenvalue weighted by Crippen LogP contribution is 2.22. The molecule has 0 saturated carbocycles. The molecule has 0 aliphatic carbocycles. The van der Waals surface area contributed by atoms with Crippen LogP contribution in [0.2, 0.25) is 0 Å². The van der Waals surface area contributed by atoms with Crippen LogP contribution in [0.5, 0.6) is 0 Å². The molecule has 1 aromatic heterocycles. The van der Waals surface area contributed by atoms with Gasteiger partial charge in [-0.05, 0) is 12.5 Å². The zero-order valence-electron chi connectivity index (χ0n) is 10.9. The average molecular weight is 273 g/mol. The van der Waals surface area contributed by atoms with Gasteiger partial charge in [0.2, 0.25) is 10.0 Å². The van der Waals surface area contributed by atoms with Crippen molar-refractivity contribution in [2.24, 2.45) is 0 Å². The van der Waals surface area contributed by atoms with Crippen molar-refractivity contribution in [3.63, 3.8) is 0 Å². The molecule has 1 aromatic rings. The van der Waals surface area contributed by atoms with E-state index in [1.165, 1.54) is 10.5 Å². The Morgan fingerprint density at radius 3 is 2.83 bits per heavy atom. The van der Waals surface area contributed by atoms with Gasteiger partial charge in [-0.3, -0.25) is 4.98 Å². The van der Waals surface area contributed by atoms with E-state index in [2.05, 4.69) is 10.3 Å². The number of sulfonamides is 1. The first kappa shape index (κ1) is 14.9. The van der Waals surface area contributed by atoms with Crippen LogP contribution in [0.15, 0.2) is 23.4 Å². The first-order valence-electron chi connectivity index (χ1n) is 5.61. The van der Waals surface area contributed by atoms with Crippen molar-refractivity contribution in [2.45, 2.75) is 11.3 Å². The minimum Gasteiger partial charge on any atom is -0.387 e. The maximum Gasteiger partial charge on any atom is 0.246 e. The third-order valence-electron chi connectivity index (χ3n) is 2.56. The molecule has 1 rings (SSSR count). The van der Waals surface area contributed by atoms with Gasteiger partial charge in [0.1, 0.15) is 4.90 Å². The van der Waals surface area contributed by atoms with Gasteiger partial charge in [0.15, 0.2) is 0 Å². The van der Waals surface area contributed by atoms with Crippen LogP contribution in [0, 0.1) is 0 Å².